The van der Waals surface area contributed by atoms with Gasteiger partial charge in [0.1, 0.15) is 0 Å². The summed E-state index contributed by atoms with van der Waals surface area (Å²) in [6.45, 7) is 13.3. The lowest BCUT2D eigenvalue weighted by Crippen LogP contribution is -2.41. The predicted octanol–water partition coefficient (Wildman–Crippen LogP) is 6.62. The number of aromatic nitrogens is 1. The second-order valence-electron chi connectivity index (χ2n) is 15.1. The Kier molecular flexibility index (Phi) is 12.2. The van der Waals surface area contributed by atoms with Crippen molar-refractivity contribution in [2.24, 2.45) is 0 Å². The van der Waals surface area contributed by atoms with Gasteiger partial charge in [-0.15, -0.1) is 0 Å². The molecule has 2 aliphatic heterocycles. The number of anilines is 2. The molecule has 2 fully saturated rings. The van der Waals surface area contributed by atoms with E-state index in [-0.39, 0.29) is 23.1 Å². The van der Waals surface area contributed by atoms with Crippen LogP contribution in [0.2, 0.25) is 0 Å². The molecule has 3 heterocycles. The van der Waals surface area contributed by atoms with Gasteiger partial charge in [0.2, 0.25) is 0 Å². The molecule has 10 nitrogen and oxygen atoms in total. The van der Waals surface area contributed by atoms with Gasteiger partial charge in [-0.25, -0.2) is 0 Å². The lowest BCUT2D eigenvalue weighted by molar-refractivity contribution is 0.0338. The number of amides is 3. The fraction of sp³-hybridized carbons (Fsp3) is 0.395. The van der Waals surface area contributed by atoms with Crippen molar-refractivity contribution in [2.75, 3.05) is 69.7 Å². The molecule has 3 aromatic carbocycles. The molecule has 0 spiro atoms. The zero-order valence-corrected chi connectivity index (χ0v) is 31.5. The first-order valence-electron chi connectivity index (χ1n) is 18.8. The van der Waals surface area contributed by atoms with Crippen molar-refractivity contribution in [1.82, 2.24) is 20.1 Å². The Morgan fingerprint density at radius 2 is 1.53 bits per heavy atom. The van der Waals surface area contributed by atoms with E-state index < -0.39 is 0 Å². The van der Waals surface area contributed by atoms with Crippen LogP contribution in [-0.2, 0) is 16.7 Å². The molecule has 0 unspecified atom stereocenters. The quantitative estimate of drug-likeness (QED) is 0.180. The van der Waals surface area contributed by atoms with E-state index in [0.29, 0.717) is 59.9 Å². The lowest BCUT2D eigenvalue weighted by Gasteiger charge is -2.29. The van der Waals surface area contributed by atoms with Gasteiger partial charge in [-0.3, -0.25) is 24.3 Å². The first-order valence-corrected chi connectivity index (χ1v) is 18.8. The van der Waals surface area contributed by atoms with E-state index >= 15 is 0 Å². The van der Waals surface area contributed by atoms with E-state index in [9.17, 15) is 14.4 Å². The van der Waals surface area contributed by atoms with Gasteiger partial charge in [-0.05, 0) is 84.3 Å². The molecule has 2 aliphatic rings. The van der Waals surface area contributed by atoms with Crippen LogP contribution in [0.3, 0.4) is 0 Å². The van der Waals surface area contributed by atoms with Crippen LogP contribution < -0.4 is 15.5 Å². The highest BCUT2D eigenvalue weighted by molar-refractivity contribution is 6.08. The highest BCUT2D eigenvalue weighted by Crippen LogP contribution is 2.33. The molecule has 0 saturated carbocycles. The Labute approximate surface area is 313 Å². The highest BCUT2D eigenvalue weighted by Gasteiger charge is 2.20. The molecular weight excluding hydrogens is 665 g/mol. The average molecular weight is 717 g/mol. The zero-order valence-electron chi connectivity index (χ0n) is 31.5. The number of pyridine rings is 1. The van der Waals surface area contributed by atoms with Gasteiger partial charge in [0.15, 0.2) is 0 Å². The van der Waals surface area contributed by atoms with E-state index in [1.165, 1.54) is 12.0 Å². The van der Waals surface area contributed by atoms with Crippen LogP contribution in [-0.4, -0.2) is 92.0 Å². The zero-order chi connectivity index (χ0) is 37.4. The summed E-state index contributed by atoms with van der Waals surface area (Å²) in [6, 6.07) is 24.6. The fourth-order valence-electron chi connectivity index (χ4n) is 6.75. The van der Waals surface area contributed by atoms with Crippen molar-refractivity contribution >= 4 is 29.1 Å². The number of carbonyl (C=O) groups is 3. The van der Waals surface area contributed by atoms with Gasteiger partial charge in [0.25, 0.3) is 17.7 Å². The maximum absolute atomic E-state index is 13.8. The Balaban J connectivity index is 1.19. The molecule has 2 N–H and O–H groups in total. The summed E-state index contributed by atoms with van der Waals surface area (Å²) < 4.78 is 5.43. The topological polar surface area (TPSA) is 107 Å². The van der Waals surface area contributed by atoms with Crippen molar-refractivity contribution in [3.8, 4) is 11.3 Å². The highest BCUT2D eigenvalue weighted by atomic mass is 16.5. The molecule has 0 aliphatic carbocycles. The van der Waals surface area contributed by atoms with Crippen LogP contribution in [0, 0.1) is 0 Å². The Morgan fingerprint density at radius 3 is 2.26 bits per heavy atom. The number of nitrogens with zero attached hydrogens (tertiary/aromatic N) is 4. The van der Waals surface area contributed by atoms with Gasteiger partial charge in [-0.2, -0.15) is 0 Å². The second-order valence-corrected chi connectivity index (χ2v) is 15.1. The number of ether oxygens (including phenoxy) is 1. The van der Waals surface area contributed by atoms with E-state index in [1.807, 2.05) is 18.2 Å². The molecule has 0 atom stereocenters. The molecule has 2 saturated heterocycles. The molecule has 0 bridgehead atoms. The van der Waals surface area contributed by atoms with Crippen LogP contribution in [0.25, 0.3) is 11.3 Å². The Hall–Kier alpha value is -5.06. The van der Waals surface area contributed by atoms with Crippen molar-refractivity contribution in [3.63, 3.8) is 0 Å². The van der Waals surface area contributed by atoms with Crippen molar-refractivity contribution in [2.45, 2.75) is 52.0 Å². The minimum absolute atomic E-state index is 0.0577. The number of nitrogens with one attached hydrogen (secondary N) is 2. The number of morpholine rings is 1. The number of hydrogen-bond acceptors (Lipinski definition) is 7. The Morgan fingerprint density at radius 1 is 0.811 bits per heavy atom. The van der Waals surface area contributed by atoms with E-state index in [2.05, 4.69) is 70.5 Å². The van der Waals surface area contributed by atoms with Crippen molar-refractivity contribution in [1.29, 1.82) is 0 Å². The summed E-state index contributed by atoms with van der Waals surface area (Å²) >= 11 is 0. The third-order valence-corrected chi connectivity index (χ3v) is 10.1. The summed E-state index contributed by atoms with van der Waals surface area (Å²) in [6.07, 6.45) is 5.09. The first kappa shape index (κ1) is 37.7. The number of rotatable bonds is 11. The third-order valence-electron chi connectivity index (χ3n) is 10.1. The number of benzene rings is 3. The smallest absolute Gasteiger partial charge is 0.255 e. The summed E-state index contributed by atoms with van der Waals surface area (Å²) in [5, 5.41) is 6.14. The molecule has 1 aromatic heterocycles. The summed E-state index contributed by atoms with van der Waals surface area (Å²) in [5.41, 5.74) is 6.52. The summed E-state index contributed by atoms with van der Waals surface area (Å²) in [7, 11) is 1.79. The monoisotopic (exact) mass is 716 g/mol. The maximum Gasteiger partial charge on any atom is 0.255 e. The number of hydrogen-bond donors (Lipinski definition) is 2. The molecular formula is C43H52N6O4. The second kappa shape index (κ2) is 17.2. The van der Waals surface area contributed by atoms with Crippen LogP contribution in [0.5, 0.6) is 0 Å². The molecule has 3 amide bonds. The normalized spacial score (nSPS) is 15.1. The van der Waals surface area contributed by atoms with E-state index in [1.54, 1.807) is 54.5 Å². The molecule has 278 valence electrons. The summed E-state index contributed by atoms with van der Waals surface area (Å²) in [4.78, 5) is 51.5. The largest absolute Gasteiger partial charge is 0.379 e. The number of carbonyl (C=O) groups excluding carboxylic acids is 3. The van der Waals surface area contributed by atoms with Gasteiger partial charge >= 0.3 is 0 Å². The average Bonchev–Trinajstić information content (AvgIpc) is 3.19. The Bertz CT molecular complexity index is 1890. The third kappa shape index (κ3) is 9.88. The number of piperidine rings is 1. The van der Waals surface area contributed by atoms with E-state index in [4.69, 9.17) is 4.74 Å². The van der Waals surface area contributed by atoms with Crippen LogP contribution in [0.15, 0.2) is 85.1 Å². The van der Waals surface area contributed by atoms with Crippen molar-refractivity contribution < 1.29 is 19.1 Å². The van der Waals surface area contributed by atoms with Gasteiger partial charge < -0.3 is 25.2 Å². The van der Waals surface area contributed by atoms with Crippen LogP contribution in [0.4, 0.5) is 11.4 Å². The molecule has 10 heteroatoms. The van der Waals surface area contributed by atoms with E-state index in [0.717, 1.165) is 56.8 Å². The van der Waals surface area contributed by atoms with Gasteiger partial charge in [0, 0.05) is 87.0 Å². The maximum atomic E-state index is 13.8. The lowest BCUT2D eigenvalue weighted by atomic mass is 9.87. The molecule has 0 radical (unpaired) electrons. The predicted molar refractivity (Wildman–Crippen MR) is 211 cm³/mol. The molecule has 6 rings (SSSR count). The fourth-order valence-corrected chi connectivity index (χ4v) is 6.75. The molecule has 4 aromatic rings. The van der Waals surface area contributed by atoms with Crippen LogP contribution in [0.1, 0.15) is 82.2 Å². The minimum Gasteiger partial charge on any atom is -0.379 e. The number of likely N-dealkylation sites (N-methyl/N-ethyl adjacent to an activating group) is 1. The SMILES string of the molecule is CN(CCN1CCOCC1)C(=O)c1cccc(C(=O)Nc2ccc(N3CCCCC3)cc2-c2cc(C(=O)NCc3ccc(C(C)(C)C)cc3)ccn2)c1. The first-order chi connectivity index (χ1) is 25.5. The minimum atomic E-state index is -0.339. The summed E-state index contributed by atoms with van der Waals surface area (Å²) in [5.74, 6) is -0.683. The van der Waals surface area contributed by atoms with Gasteiger partial charge in [-0.1, -0.05) is 51.1 Å². The van der Waals surface area contributed by atoms with Crippen LogP contribution >= 0.6 is 0 Å². The van der Waals surface area contributed by atoms with Crippen molar-refractivity contribution in [3.05, 3.63) is 113 Å². The molecule has 53 heavy (non-hydrogen) atoms. The standard InChI is InChI=1S/C43H52N6O4/c1-43(2,3)35-13-11-31(12-14-35)30-45-40(50)33-17-18-44-39(28-33)37-29-36(49-19-6-5-7-20-49)15-16-38(37)46-41(51)32-9-8-10-34(27-32)42(52)47(4)21-22-48-23-25-53-26-24-48/h8-18,27-29H,5-7,19-26,30H2,1-4H3,(H,45,50)(H,46,51). The van der Waals surface area contributed by atoms with Gasteiger partial charge in [0.05, 0.1) is 24.6 Å².